The number of carbonyl (C=O) groups is 1. The molecule has 9 heteroatoms. The molecule has 0 spiro atoms. The van der Waals surface area contributed by atoms with Gasteiger partial charge in [0, 0.05) is 30.5 Å². The van der Waals surface area contributed by atoms with E-state index in [0.717, 1.165) is 11.3 Å². The normalized spacial score (nSPS) is 15.9. The second kappa shape index (κ2) is 8.18. The molecule has 0 saturated carbocycles. The molecule has 0 radical (unpaired) electrons. The lowest BCUT2D eigenvalue weighted by atomic mass is 10.1. The van der Waals surface area contributed by atoms with Crippen molar-refractivity contribution in [1.82, 2.24) is 20.3 Å². The Morgan fingerprint density at radius 2 is 1.94 bits per heavy atom. The number of ether oxygens (including phenoxy) is 2. The summed E-state index contributed by atoms with van der Waals surface area (Å²) in [6, 6.07) is 17.0. The summed E-state index contributed by atoms with van der Waals surface area (Å²) in [5.74, 6) is 1.81. The summed E-state index contributed by atoms with van der Waals surface area (Å²) < 4.78 is 16.2. The van der Waals surface area contributed by atoms with Crippen molar-refractivity contribution in [2.24, 2.45) is 0 Å². The van der Waals surface area contributed by atoms with Gasteiger partial charge in [0.2, 0.25) is 5.91 Å². The average Bonchev–Trinajstić information content (AvgIpc) is 3.58. The van der Waals surface area contributed by atoms with E-state index in [-0.39, 0.29) is 18.2 Å². The van der Waals surface area contributed by atoms with Crippen LogP contribution in [0.5, 0.6) is 11.5 Å². The highest BCUT2D eigenvalue weighted by molar-refractivity contribution is 5.98. The highest BCUT2D eigenvalue weighted by atomic mass is 16.5. The van der Waals surface area contributed by atoms with Crippen molar-refractivity contribution in [2.45, 2.75) is 12.3 Å². The van der Waals surface area contributed by atoms with Crippen molar-refractivity contribution in [1.29, 1.82) is 0 Å². The number of hydrogen-bond acceptors (Lipinski definition) is 7. The van der Waals surface area contributed by atoms with Crippen LogP contribution in [0, 0.1) is 0 Å². The molecular formula is C23H21N5O4. The maximum absolute atomic E-state index is 12.8. The summed E-state index contributed by atoms with van der Waals surface area (Å²) in [5.41, 5.74) is 3.05. The number of carbonyl (C=O) groups excluding carboxylic acids is 1. The van der Waals surface area contributed by atoms with E-state index in [1.165, 1.54) is 0 Å². The fourth-order valence-corrected chi connectivity index (χ4v) is 3.82. The van der Waals surface area contributed by atoms with Gasteiger partial charge in [0.15, 0.2) is 5.82 Å². The van der Waals surface area contributed by atoms with Crippen LogP contribution >= 0.6 is 0 Å². The summed E-state index contributed by atoms with van der Waals surface area (Å²) in [5, 5.41) is 11.4. The Balaban J connectivity index is 1.37. The first-order valence-corrected chi connectivity index (χ1v) is 10.1. The topological polar surface area (TPSA) is 106 Å². The monoisotopic (exact) mass is 431 g/mol. The summed E-state index contributed by atoms with van der Waals surface area (Å²) in [7, 11) is 3.16. The number of methoxy groups -OCH3 is 2. The van der Waals surface area contributed by atoms with Gasteiger partial charge in [0.1, 0.15) is 17.2 Å². The molecule has 3 heterocycles. The lowest BCUT2D eigenvalue weighted by molar-refractivity contribution is -0.117. The van der Waals surface area contributed by atoms with Gasteiger partial charge in [-0.15, -0.1) is 0 Å². The fourth-order valence-electron chi connectivity index (χ4n) is 3.82. The molecule has 162 valence electrons. The van der Waals surface area contributed by atoms with Gasteiger partial charge in [-0.05, 0) is 18.2 Å². The number of nitrogens with zero attached hydrogens (tertiary/aromatic N) is 4. The molecule has 1 atom stereocenters. The lowest BCUT2D eigenvalue weighted by Crippen LogP contribution is -2.25. The van der Waals surface area contributed by atoms with E-state index in [2.05, 4.69) is 20.3 Å². The third kappa shape index (κ3) is 3.58. The molecular weight excluding hydrogens is 410 g/mol. The largest absolute Gasteiger partial charge is 0.497 e. The second-order valence-corrected chi connectivity index (χ2v) is 7.43. The van der Waals surface area contributed by atoms with Crippen LogP contribution in [0.2, 0.25) is 0 Å². The SMILES string of the molecule is COc1ccc(OC)c(N2CC(c3noc(-c4cc(-c5ccccc5)n[nH]4)n3)CC2=O)c1. The number of H-pyrrole nitrogens is 1. The van der Waals surface area contributed by atoms with Gasteiger partial charge < -0.3 is 18.9 Å². The molecule has 1 N–H and O–H groups in total. The maximum Gasteiger partial charge on any atom is 0.275 e. The maximum atomic E-state index is 12.8. The number of rotatable bonds is 6. The quantitative estimate of drug-likeness (QED) is 0.496. The molecule has 2 aromatic carbocycles. The van der Waals surface area contributed by atoms with E-state index in [4.69, 9.17) is 14.0 Å². The Morgan fingerprint density at radius 1 is 1.09 bits per heavy atom. The van der Waals surface area contributed by atoms with Crippen LogP contribution < -0.4 is 14.4 Å². The minimum atomic E-state index is -0.201. The fraction of sp³-hybridized carbons (Fsp3) is 0.217. The van der Waals surface area contributed by atoms with Crippen molar-refractivity contribution >= 4 is 11.6 Å². The molecule has 0 bridgehead atoms. The zero-order valence-electron chi connectivity index (χ0n) is 17.6. The van der Waals surface area contributed by atoms with Crippen LogP contribution in [-0.4, -0.2) is 47.0 Å². The summed E-state index contributed by atoms with van der Waals surface area (Å²) >= 11 is 0. The highest BCUT2D eigenvalue weighted by Crippen LogP contribution is 2.38. The Labute approximate surface area is 184 Å². The van der Waals surface area contributed by atoms with Crippen LogP contribution in [0.4, 0.5) is 5.69 Å². The van der Waals surface area contributed by atoms with E-state index in [1.54, 1.807) is 37.3 Å². The average molecular weight is 431 g/mol. The van der Waals surface area contributed by atoms with Gasteiger partial charge in [-0.3, -0.25) is 9.89 Å². The van der Waals surface area contributed by atoms with E-state index in [0.29, 0.717) is 41.1 Å². The predicted molar refractivity (Wildman–Crippen MR) is 117 cm³/mol. The van der Waals surface area contributed by atoms with Crippen LogP contribution in [0.1, 0.15) is 18.2 Å². The van der Waals surface area contributed by atoms with Crippen molar-refractivity contribution in [3.05, 3.63) is 60.4 Å². The molecule has 4 aromatic rings. The summed E-state index contributed by atoms with van der Waals surface area (Å²) in [4.78, 5) is 19.0. The van der Waals surface area contributed by atoms with E-state index >= 15 is 0 Å². The number of aromatic nitrogens is 4. The Hall–Kier alpha value is -4.14. The van der Waals surface area contributed by atoms with Crippen LogP contribution in [0.3, 0.4) is 0 Å². The number of anilines is 1. The summed E-state index contributed by atoms with van der Waals surface area (Å²) in [6.45, 7) is 0.416. The summed E-state index contributed by atoms with van der Waals surface area (Å²) in [6.07, 6.45) is 0.275. The standard InChI is InChI=1S/C23H21N5O4/c1-30-16-8-9-20(31-2)19(11-16)28-13-15(10-21(28)29)22-24-23(32-27-22)18-12-17(25-26-18)14-6-4-3-5-7-14/h3-9,11-12,15H,10,13H2,1-2H3,(H,25,26). The van der Waals surface area contributed by atoms with Gasteiger partial charge in [-0.25, -0.2) is 0 Å². The molecule has 1 fully saturated rings. The van der Waals surface area contributed by atoms with E-state index in [9.17, 15) is 4.79 Å². The Bertz CT molecular complexity index is 1250. The molecule has 1 saturated heterocycles. The minimum Gasteiger partial charge on any atom is -0.497 e. The number of amides is 1. The first-order chi connectivity index (χ1) is 15.7. The third-order valence-corrected chi connectivity index (χ3v) is 5.49. The van der Waals surface area contributed by atoms with Gasteiger partial charge in [0.05, 0.1) is 25.6 Å². The molecule has 0 aliphatic carbocycles. The minimum absolute atomic E-state index is 0.0409. The lowest BCUT2D eigenvalue weighted by Gasteiger charge is -2.20. The number of nitrogens with one attached hydrogen (secondary N) is 1. The van der Waals surface area contributed by atoms with E-state index < -0.39 is 0 Å². The first-order valence-electron chi connectivity index (χ1n) is 10.1. The molecule has 1 aliphatic rings. The van der Waals surface area contributed by atoms with Crippen LogP contribution in [-0.2, 0) is 4.79 Å². The van der Waals surface area contributed by atoms with E-state index in [1.807, 2.05) is 36.4 Å². The Morgan fingerprint density at radius 3 is 2.72 bits per heavy atom. The van der Waals surface area contributed by atoms with Gasteiger partial charge in [-0.1, -0.05) is 35.5 Å². The number of benzene rings is 2. The molecule has 2 aromatic heterocycles. The Kier molecular flexibility index (Phi) is 5.06. The van der Waals surface area contributed by atoms with Gasteiger partial charge in [0.25, 0.3) is 5.89 Å². The number of hydrogen-bond donors (Lipinski definition) is 1. The van der Waals surface area contributed by atoms with Gasteiger partial charge in [-0.2, -0.15) is 10.1 Å². The number of aromatic amines is 1. The molecule has 5 rings (SSSR count). The molecule has 32 heavy (non-hydrogen) atoms. The van der Waals surface area contributed by atoms with Crippen molar-refractivity contribution in [3.63, 3.8) is 0 Å². The van der Waals surface area contributed by atoms with Crippen molar-refractivity contribution < 1.29 is 18.8 Å². The molecule has 9 nitrogen and oxygen atoms in total. The van der Waals surface area contributed by atoms with Gasteiger partial charge >= 0.3 is 0 Å². The van der Waals surface area contributed by atoms with Crippen LogP contribution in [0.15, 0.2) is 59.1 Å². The molecule has 1 aliphatic heterocycles. The van der Waals surface area contributed by atoms with Crippen LogP contribution in [0.25, 0.3) is 22.8 Å². The zero-order valence-corrected chi connectivity index (χ0v) is 17.6. The molecule has 1 amide bonds. The first kappa shape index (κ1) is 19.8. The van der Waals surface area contributed by atoms with Crippen molar-refractivity contribution in [2.75, 3.05) is 25.7 Å². The predicted octanol–water partition coefficient (Wildman–Crippen LogP) is 3.66. The zero-order chi connectivity index (χ0) is 22.1. The smallest absolute Gasteiger partial charge is 0.275 e. The second-order valence-electron chi connectivity index (χ2n) is 7.43. The molecule has 1 unspecified atom stereocenters. The van der Waals surface area contributed by atoms with Crippen molar-refractivity contribution in [3.8, 4) is 34.3 Å². The highest BCUT2D eigenvalue weighted by Gasteiger charge is 2.36. The third-order valence-electron chi connectivity index (χ3n) is 5.49.